The monoisotopic (exact) mass is 213 g/mol. The Hall–Kier alpha value is 0.500. The van der Waals surface area contributed by atoms with Gasteiger partial charge >= 0.3 is 0 Å². The van der Waals surface area contributed by atoms with Gasteiger partial charge in [-0.3, -0.25) is 0 Å². The predicted octanol–water partition coefficient (Wildman–Crippen LogP) is 1.85. The highest BCUT2D eigenvalue weighted by Crippen LogP contribution is 2.09. The Morgan fingerprint density at radius 3 is 2.25 bits per heavy atom. The second-order valence-electron chi connectivity index (χ2n) is 3.33. The second-order valence-corrected chi connectivity index (χ2v) is 3.86. The fourth-order valence-corrected chi connectivity index (χ4v) is 1.44. The molecular formula is C8H17Cl2NO. The third-order valence-electron chi connectivity index (χ3n) is 1.60. The zero-order valence-electron chi connectivity index (χ0n) is 7.86. The molecule has 1 N–H and O–H groups in total. The van der Waals surface area contributed by atoms with Crippen LogP contribution in [0.15, 0.2) is 0 Å². The van der Waals surface area contributed by atoms with Crippen molar-refractivity contribution in [3.05, 3.63) is 0 Å². The molecule has 0 spiro atoms. The fraction of sp³-hybridized carbons (Fsp3) is 1.00. The molecule has 0 heterocycles. The van der Waals surface area contributed by atoms with Crippen LogP contribution in [0.2, 0.25) is 0 Å². The molecule has 12 heavy (non-hydrogen) atoms. The van der Waals surface area contributed by atoms with Crippen molar-refractivity contribution in [2.45, 2.75) is 25.4 Å². The summed E-state index contributed by atoms with van der Waals surface area (Å²) >= 11 is 11.5. The maximum absolute atomic E-state index is 5.77. The Morgan fingerprint density at radius 1 is 1.42 bits per heavy atom. The third-order valence-corrected chi connectivity index (χ3v) is 2.78. The summed E-state index contributed by atoms with van der Waals surface area (Å²) in [5.74, 6) is 1.01. The molecule has 0 bridgehead atoms. The molecule has 0 saturated carbocycles. The van der Waals surface area contributed by atoms with Crippen LogP contribution in [-0.2, 0) is 4.74 Å². The molecule has 0 fully saturated rings. The summed E-state index contributed by atoms with van der Waals surface area (Å²) in [6.45, 7) is 4.71. The second kappa shape index (κ2) is 6.03. The van der Waals surface area contributed by atoms with Crippen LogP contribution in [0.5, 0.6) is 0 Å². The Balaban J connectivity index is 3.84. The molecule has 0 aromatic carbocycles. The van der Waals surface area contributed by atoms with Crippen molar-refractivity contribution in [2.24, 2.45) is 0 Å². The molecule has 74 valence electrons. The molecular weight excluding hydrogens is 197 g/mol. The van der Waals surface area contributed by atoms with E-state index in [2.05, 4.69) is 5.32 Å². The molecule has 0 amide bonds. The van der Waals surface area contributed by atoms with Crippen LogP contribution in [-0.4, -0.2) is 37.1 Å². The van der Waals surface area contributed by atoms with Gasteiger partial charge in [0.2, 0.25) is 0 Å². The lowest BCUT2D eigenvalue weighted by Crippen LogP contribution is -2.51. The summed E-state index contributed by atoms with van der Waals surface area (Å²) in [7, 11) is 1.68. The normalized spacial score (nSPS) is 14.8. The van der Waals surface area contributed by atoms with Gasteiger partial charge in [0.1, 0.15) is 0 Å². The van der Waals surface area contributed by atoms with Crippen molar-refractivity contribution >= 4 is 23.2 Å². The van der Waals surface area contributed by atoms with Crippen molar-refractivity contribution in [2.75, 3.05) is 25.5 Å². The first-order chi connectivity index (χ1) is 5.58. The van der Waals surface area contributed by atoms with Gasteiger partial charge in [-0.15, -0.1) is 23.2 Å². The van der Waals surface area contributed by atoms with E-state index in [1.54, 1.807) is 7.11 Å². The largest absolute Gasteiger partial charge is 0.383 e. The molecule has 1 unspecified atom stereocenters. The summed E-state index contributed by atoms with van der Waals surface area (Å²) in [4.78, 5) is 0. The molecule has 4 heteroatoms. The van der Waals surface area contributed by atoms with E-state index in [1.807, 2.05) is 13.8 Å². The quantitative estimate of drug-likeness (QED) is 0.681. The van der Waals surface area contributed by atoms with Crippen LogP contribution in [0.1, 0.15) is 13.8 Å². The van der Waals surface area contributed by atoms with E-state index in [0.29, 0.717) is 18.4 Å². The average molecular weight is 214 g/mol. The molecule has 0 aromatic rings. The van der Waals surface area contributed by atoms with E-state index in [-0.39, 0.29) is 11.6 Å². The number of ether oxygens (including phenoxy) is 1. The molecule has 0 aliphatic rings. The van der Waals surface area contributed by atoms with Gasteiger partial charge in [0.25, 0.3) is 0 Å². The summed E-state index contributed by atoms with van der Waals surface area (Å²) in [5, 5.41) is 3.30. The standard InChI is InChI=1S/C8H17Cl2NO/c1-7(4-12-3)11-8(2,5-9)6-10/h7,11H,4-6H2,1-3H3. The van der Waals surface area contributed by atoms with E-state index in [9.17, 15) is 0 Å². The lowest BCUT2D eigenvalue weighted by Gasteiger charge is -2.29. The smallest absolute Gasteiger partial charge is 0.0613 e. The van der Waals surface area contributed by atoms with Crippen molar-refractivity contribution in [1.82, 2.24) is 5.32 Å². The van der Waals surface area contributed by atoms with Crippen molar-refractivity contribution in [3.63, 3.8) is 0 Å². The van der Waals surface area contributed by atoms with Crippen LogP contribution >= 0.6 is 23.2 Å². The summed E-state index contributed by atoms with van der Waals surface area (Å²) in [6, 6.07) is 0.275. The van der Waals surface area contributed by atoms with Crippen LogP contribution in [0, 0.1) is 0 Å². The van der Waals surface area contributed by atoms with E-state index in [0.717, 1.165) is 0 Å². The van der Waals surface area contributed by atoms with E-state index in [4.69, 9.17) is 27.9 Å². The Labute approximate surface area is 84.6 Å². The van der Waals surface area contributed by atoms with Gasteiger partial charge in [0, 0.05) is 30.5 Å². The molecule has 2 nitrogen and oxygen atoms in total. The molecule has 0 saturated heterocycles. The summed E-state index contributed by atoms with van der Waals surface area (Å²) in [6.07, 6.45) is 0. The van der Waals surface area contributed by atoms with E-state index >= 15 is 0 Å². The zero-order chi connectivity index (χ0) is 9.61. The van der Waals surface area contributed by atoms with Gasteiger partial charge in [-0.1, -0.05) is 0 Å². The van der Waals surface area contributed by atoms with Crippen molar-refractivity contribution in [3.8, 4) is 0 Å². The highest BCUT2D eigenvalue weighted by molar-refractivity contribution is 6.22. The molecule has 0 rings (SSSR count). The maximum atomic E-state index is 5.77. The minimum absolute atomic E-state index is 0.193. The van der Waals surface area contributed by atoms with Gasteiger partial charge in [0.05, 0.1) is 6.61 Å². The first-order valence-electron chi connectivity index (χ1n) is 3.96. The summed E-state index contributed by atoms with van der Waals surface area (Å²) < 4.78 is 4.99. The van der Waals surface area contributed by atoms with Gasteiger partial charge in [-0.25, -0.2) is 0 Å². The van der Waals surface area contributed by atoms with Crippen LogP contribution < -0.4 is 5.32 Å². The summed E-state index contributed by atoms with van der Waals surface area (Å²) in [5.41, 5.74) is -0.193. The van der Waals surface area contributed by atoms with Gasteiger partial charge < -0.3 is 10.1 Å². The molecule has 0 radical (unpaired) electrons. The molecule has 0 aromatic heterocycles. The number of halogens is 2. The number of hydrogen-bond acceptors (Lipinski definition) is 2. The SMILES string of the molecule is COCC(C)NC(C)(CCl)CCl. The van der Waals surface area contributed by atoms with Gasteiger partial charge in [-0.2, -0.15) is 0 Å². The molecule has 1 atom stereocenters. The topological polar surface area (TPSA) is 21.3 Å². The van der Waals surface area contributed by atoms with Gasteiger partial charge in [0.15, 0.2) is 0 Å². The van der Waals surface area contributed by atoms with Crippen LogP contribution in [0.25, 0.3) is 0 Å². The van der Waals surface area contributed by atoms with E-state index in [1.165, 1.54) is 0 Å². The highest BCUT2D eigenvalue weighted by atomic mass is 35.5. The molecule has 0 aliphatic heterocycles. The minimum Gasteiger partial charge on any atom is -0.383 e. The average Bonchev–Trinajstić information content (AvgIpc) is 2.05. The Bertz CT molecular complexity index is 118. The first kappa shape index (κ1) is 12.5. The highest BCUT2D eigenvalue weighted by Gasteiger charge is 2.23. The molecule has 0 aliphatic carbocycles. The fourth-order valence-electron chi connectivity index (χ4n) is 0.999. The number of hydrogen-bond donors (Lipinski definition) is 1. The minimum atomic E-state index is -0.193. The zero-order valence-corrected chi connectivity index (χ0v) is 9.37. The number of rotatable bonds is 6. The van der Waals surface area contributed by atoms with Crippen molar-refractivity contribution in [1.29, 1.82) is 0 Å². The third kappa shape index (κ3) is 4.51. The first-order valence-corrected chi connectivity index (χ1v) is 5.03. The van der Waals surface area contributed by atoms with Gasteiger partial charge in [-0.05, 0) is 13.8 Å². The lowest BCUT2D eigenvalue weighted by molar-refractivity contribution is 0.160. The number of alkyl halides is 2. The lowest BCUT2D eigenvalue weighted by atomic mass is 10.1. The number of methoxy groups -OCH3 is 1. The predicted molar refractivity (Wildman–Crippen MR) is 54.3 cm³/mol. The number of nitrogens with one attached hydrogen (secondary N) is 1. The maximum Gasteiger partial charge on any atom is 0.0613 e. The Morgan fingerprint density at radius 2 is 1.92 bits per heavy atom. The Kier molecular flexibility index (Phi) is 6.28. The van der Waals surface area contributed by atoms with E-state index < -0.39 is 0 Å². The van der Waals surface area contributed by atoms with Crippen LogP contribution in [0.4, 0.5) is 0 Å². The van der Waals surface area contributed by atoms with Crippen LogP contribution in [0.3, 0.4) is 0 Å². The van der Waals surface area contributed by atoms with Crippen molar-refractivity contribution < 1.29 is 4.74 Å².